The van der Waals surface area contributed by atoms with Gasteiger partial charge in [-0.2, -0.15) is 0 Å². The molecule has 1 saturated heterocycles. The maximum absolute atomic E-state index is 12.2. The molecule has 0 radical (unpaired) electrons. The van der Waals surface area contributed by atoms with Crippen molar-refractivity contribution in [2.24, 2.45) is 0 Å². The first-order valence-corrected chi connectivity index (χ1v) is 8.11. The van der Waals surface area contributed by atoms with Crippen LogP contribution in [0, 0.1) is 0 Å². The predicted octanol–water partition coefficient (Wildman–Crippen LogP) is 4.23. The lowest BCUT2D eigenvalue weighted by Gasteiger charge is -2.43. The van der Waals surface area contributed by atoms with Crippen LogP contribution in [0.15, 0.2) is 60.7 Å². The smallest absolute Gasteiger partial charge is 0.427 e. The van der Waals surface area contributed by atoms with E-state index in [1.54, 1.807) is 0 Å². The van der Waals surface area contributed by atoms with E-state index in [9.17, 15) is 4.79 Å². The second-order valence-corrected chi connectivity index (χ2v) is 5.89. The molecule has 1 unspecified atom stereocenters. The van der Waals surface area contributed by atoms with Gasteiger partial charge in [0.25, 0.3) is 0 Å². The van der Waals surface area contributed by atoms with E-state index in [1.165, 1.54) is 0 Å². The Morgan fingerprint density at radius 3 is 2.39 bits per heavy atom. The number of nitrogens with zero attached hydrogens (tertiary/aromatic N) is 1. The van der Waals surface area contributed by atoms with Crippen LogP contribution in [0.2, 0.25) is 0 Å². The van der Waals surface area contributed by atoms with Gasteiger partial charge in [0, 0.05) is 0 Å². The van der Waals surface area contributed by atoms with Crippen LogP contribution in [0.5, 0.6) is 0 Å². The molecule has 23 heavy (non-hydrogen) atoms. The van der Waals surface area contributed by atoms with Gasteiger partial charge in [-0.3, -0.25) is 5.01 Å². The highest BCUT2D eigenvalue weighted by Crippen LogP contribution is 2.35. The highest BCUT2D eigenvalue weighted by Gasteiger charge is 2.42. The minimum Gasteiger partial charge on any atom is -0.435 e. The second-order valence-electron chi connectivity index (χ2n) is 5.89. The van der Waals surface area contributed by atoms with E-state index >= 15 is 0 Å². The fourth-order valence-electron chi connectivity index (χ4n) is 3.03. The average Bonchev–Trinajstić information content (AvgIpc) is 2.61. The number of unbranched alkanes of at least 4 members (excludes halogenated alkanes) is 1. The normalized spacial score (nSPS) is 20.7. The molecular weight excluding hydrogens is 288 g/mol. The number of nitrogens with one attached hydrogen (secondary N) is 1. The van der Waals surface area contributed by atoms with Crippen molar-refractivity contribution >= 4 is 11.8 Å². The van der Waals surface area contributed by atoms with Gasteiger partial charge in [-0.1, -0.05) is 61.9 Å². The fraction of sp³-hybridized carbons (Fsp3) is 0.316. The number of carbonyl (C=O) groups excluding carboxylic acids is 1. The molecular formula is C19H22N2O2. The molecule has 2 aromatic carbocycles. The molecule has 4 nitrogen and oxygen atoms in total. The molecule has 2 aromatic rings. The van der Waals surface area contributed by atoms with Crippen molar-refractivity contribution in [2.75, 3.05) is 11.6 Å². The van der Waals surface area contributed by atoms with Crippen molar-refractivity contribution in [3.05, 3.63) is 66.2 Å². The maximum Gasteiger partial charge on any atom is 0.427 e. The van der Waals surface area contributed by atoms with E-state index in [2.05, 4.69) is 12.3 Å². The average molecular weight is 310 g/mol. The number of amides is 1. The van der Waals surface area contributed by atoms with Crippen LogP contribution in [0.1, 0.15) is 31.7 Å². The number of anilines is 1. The van der Waals surface area contributed by atoms with E-state index in [-0.39, 0.29) is 0 Å². The van der Waals surface area contributed by atoms with E-state index in [1.807, 2.05) is 65.7 Å². The number of carbonyl (C=O) groups is 1. The molecule has 1 amide bonds. The Balaban J connectivity index is 1.96. The number of ether oxygens (including phenoxy) is 1. The molecule has 1 atom stereocenters. The Morgan fingerprint density at radius 2 is 1.74 bits per heavy atom. The SMILES string of the molecule is CCCCC1(c2ccccc2)CN(c2ccccc2)NC(=O)O1. The Bertz CT molecular complexity index is 645. The summed E-state index contributed by atoms with van der Waals surface area (Å²) in [6.45, 7) is 2.74. The molecule has 0 spiro atoms. The molecule has 0 aliphatic carbocycles. The first-order chi connectivity index (χ1) is 11.2. The van der Waals surface area contributed by atoms with E-state index in [0.29, 0.717) is 6.54 Å². The Hall–Kier alpha value is -2.49. The lowest BCUT2D eigenvalue weighted by Crippen LogP contribution is -2.58. The third kappa shape index (κ3) is 3.31. The van der Waals surface area contributed by atoms with E-state index in [4.69, 9.17) is 4.74 Å². The highest BCUT2D eigenvalue weighted by atomic mass is 16.6. The fourth-order valence-corrected chi connectivity index (χ4v) is 3.03. The van der Waals surface area contributed by atoms with Crippen LogP contribution in [0.3, 0.4) is 0 Å². The molecule has 0 saturated carbocycles. The molecule has 1 aliphatic heterocycles. The van der Waals surface area contributed by atoms with Crippen molar-refractivity contribution in [2.45, 2.75) is 31.8 Å². The van der Waals surface area contributed by atoms with Crippen LogP contribution >= 0.6 is 0 Å². The summed E-state index contributed by atoms with van der Waals surface area (Å²) in [6.07, 6.45) is 2.47. The minimum absolute atomic E-state index is 0.403. The first kappa shape index (κ1) is 15.4. The molecule has 1 N–H and O–H groups in total. The van der Waals surface area contributed by atoms with Crippen molar-refractivity contribution in [3.8, 4) is 0 Å². The summed E-state index contributed by atoms with van der Waals surface area (Å²) in [4.78, 5) is 12.2. The maximum atomic E-state index is 12.2. The van der Waals surface area contributed by atoms with Crippen LogP contribution in [0.4, 0.5) is 10.5 Å². The summed E-state index contributed by atoms with van der Waals surface area (Å²) in [5.41, 5.74) is 4.19. The Kier molecular flexibility index (Phi) is 4.51. The van der Waals surface area contributed by atoms with Crippen molar-refractivity contribution in [3.63, 3.8) is 0 Å². The molecule has 1 fully saturated rings. The predicted molar refractivity (Wildman–Crippen MR) is 91.0 cm³/mol. The zero-order valence-electron chi connectivity index (χ0n) is 13.4. The molecule has 4 heteroatoms. The van der Waals surface area contributed by atoms with Gasteiger partial charge in [-0.15, -0.1) is 0 Å². The summed E-state index contributed by atoms with van der Waals surface area (Å²) in [5, 5.41) is 1.88. The molecule has 0 aromatic heterocycles. The number of rotatable bonds is 5. The van der Waals surface area contributed by atoms with Gasteiger partial charge in [-0.05, 0) is 30.5 Å². The number of hydrogen-bond donors (Lipinski definition) is 1. The van der Waals surface area contributed by atoms with Crippen molar-refractivity contribution < 1.29 is 9.53 Å². The van der Waals surface area contributed by atoms with Gasteiger partial charge in [-0.25, -0.2) is 10.2 Å². The summed E-state index contributed by atoms with van der Waals surface area (Å²) < 4.78 is 5.82. The number of para-hydroxylation sites is 1. The highest BCUT2D eigenvalue weighted by molar-refractivity contribution is 5.72. The quantitative estimate of drug-likeness (QED) is 0.898. The van der Waals surface area contributed by atoms with Gasteiger partial charge in [0.1, 0.15) is 0 Å². The zero-order valence-corrected chi connectivity index (χ0v) is 13.4. The van der Waals surface area contributed by atoms with Crippen LogP contribution in [-0.4, -0.2) is 12.6 Å². The van der Waals surface area contributed by atoms with Crippen molar-refractivity contribution in [1.82, 2.24) is 5.43 Å². The van der Waals surface area contributed by atoms with E-state index in [0.717, 1.165) is 30.5 Å². The van der Waals surface area contributed by atoms with Gasteiger partial charge in [0.05, 0.1) is 12.2 Å². The monoisotopic (exact) mass is 310 g/mol. The van der Waals surface area contributed by atoms with Gasteiger partial charge >= 0.3 is 6.09 Å². The lowest BCUT2D eigenvalue weighted by molar-refractivity contribution is -0.0153. The largest absolute Gasteiger partial charge is 0.435 e. The minimum atomic E-state index is -0.616. The Labute approximate surface area is 137 Å². The molecule has 1 aliphatic rings. The molecule has 120 valence electrons. The summed E-state index contributed by atoms with van der Waals surface area (Å²) in [6, 6.07) is 19.9. The molecule has 1 heterocycles. The van der Waals surface area contributed by atoms with Gasteiger partial charge in [0.2, 0.25) is 0 Å². The topological polar surface area (TPSA) is 41.6 Å². The number of cyclic esters (lactones) is 1. The van der Waals surface area contributed by atoms with Crippen LogP contribution in [-0.2, 0) is 10.3 Å². The van der Waals surface area contributed by atoms with Gasteiger partial charge < -0.3 is 4.74 Å². The molecule has 3 rings (SSSR count). The number of hydrazine groups is 1. The van der Waals surface area contributed by atoms with Crippen LogP contribution in [0.25, 0.3) is 0 Å². The third-order valence-corrected chi connectivity index (χ3v) is 4.23. The van der Waals surface area contributed by atoms with Crippen molar-refractivity contribution in [1.29, 1.82) is 0 Å². The lowest BCUT2D eigenvalue weighted by atomic mass is 9.87. The summed E-state index contributed by atoms with van der Waals surface area (Å²) >= 11 is 0. The molecule has 0 bridgehead atoms. The second kappa shape index (κ2) is 6.73. The number of benzene rings is 2. The van der Waals surface area contributed by atoms with Crippen LogP contribution < -0.4 is 10.4 Å². The zero-order chi connectivity index (χ0) is 16.1. The summed E-state index contributed by atoms with van der Waals surface area (Å²) in [5.74, 6) is 0. The first-order valence-electron chi connectivity index (χ1n) is 8.11. The Morgan fingerprint density at radius 1 is 1.09 bits per heavy atom. The van der Waals surface area contributed by atoms with Gasteiger partial charge in [0.15, 0.2) is 5.60 Å². The number of hydrogen-bond acceptors (Lipinski definition) is 3. The third-order valence-electron chi connectivity index (χ3n) is 4.23. The summed E-state index contributed by atoms with van der Waals surface area (Å²) in [7, 11) is 0. The van der Waals surface area contributed by atoms with E-state index < -0.39 is 11.7 Å². The standard InChI is InChI=1S/C19H22N2O2/c1-2-3-14-19(16-10-6-4-7-11-16)15-21(20-18(22)23-19)17-12-8-5-9-13-17/h4-13H,2-3,14-15H2,1H3,(H,20,22).